The highest BCUT2D eigenvalue weighted by Gasteiger charge is 2.36. The average molecular weight is 650 g/mol. The van der Waals surface area contributed by atoms with Crippen LogP contribution in [0.5, 0.6) is 11.8 Å². The number of ether oxygens (including phenoxy) is 1. The molecule has 1 N–H and O–H groups in total. The van der Waals surface area contributed by atoms with Crippen LogP contribution in [0.1, 0.15) is 17.8 Å². The largest absolute Gasteiger partial charge is 0.507 e. The van der Waals surface area contributed by atoms with Crippen LogP contribution in [0.2, 0.25) is 0 Å². The van der Waals surface area contributed by atoms with Crippen LogP contribution in [0.25, 0.3) is 33.0 Å². The van der Waals surface area contributed by atoms with E-state index in [2.05, 4.69) is 24.7 Å². The second kappa shape index (κ2) is 13.3. The molecule has 46 heavy (non-hydrogen) atoms. The maximum Gasteiger partial charge on any atom is 0.319 e. The number of thiazole rings is 1. The molecule has 0 saturated carbocycles. The molecule has 0 spiro atoms. The molecule has 2 atom stereocenters. The number of phenols is 1. The fourth-order valence-electron chi connectivity index (χ4n) is 5.95. The van der Waals surface area contributed by atoms with Gasteiger partial charge in [-0.25, -0.2) is 24.7 Å². The van der Waals surface area contributed by atoms with Crippen molar-refractivity contribution in [2.75, 3.05) is 51.3 Å². The van der Waals surface area contributed by atoms with Crippen molar-refractivity contribution in [3.05, 3.63) is 75.8 Å². The van der Waals surface area contributed by atoms with Crippen LogP contribution < -0.4 is 9.64 Å². The molecule has 2 aromatic heterocycles. The van der Waals surface area contributed by atoms with Gasteiger partial charge in [0.05, 0.1) is 5.56 Å². The zero-order valence-electron chi connectivity index (χ0n) is 24.9. The highest BCUT2D eigenvalue weighted by atomic mass is 32.1. The summed E-state index contributed by atoms with van der Waals surface area (Å²) in [5, 5.41) is 12.7. The number of fused-ring (bicyclic) bond motifs is 1. The predicted octanol–water partition coefficient (Wildman–Crippen LogP) is 5.16. The SMILES string of the molecule is [C-]#[N+]C[C@H]1CN(c2nc(OC[C@@H]3CCCN3C)nc3c(F)c(-c4c(O)cccc4F)ccc23)CCN1C(=O)/C(F)=C/c1nccs1. The Bertz CT molecular complexity index is 1810. The lowest BCUT2D eigenvalue weighted by Crippen LogP contribution is -2.56. The number of carbonyl (C=O) groups excluding carboxylic acids is 1. The molecule has 10 nitrogen and oxygen atoms in total. The number of aromatic nitrogens is 3. The molecule has 0 radical (unpaired) electrons. The summed E-state index contributed by atoms with van der Waals surface area (Å²) in [6.45, 7) is 8.95. The first-order valence-electron chi connectivity index (χ1n) is 14.7. The molecule has 2 aliphatic rings. The number of amides is 1. The van der Waals surface area contributed by atoms with Gasteiger partial charge in [0.1, 0.15) is 40.6 Å². The molecule has 2 fully saturated rings. The first-order chi connectivity index (χ1) is 22.2. The summed E-state index contributed by atoms with van der Waals surface area (Å²) >= 11 is 1.19. The van der Waals surface area contributed by atoms with E-state index in [1.807, 2.05) is 7.05 Å². The molecule has 0 aliphatic carbocycles. The number of rotatable bonds is 8. The van der Waals surface area contributed by atoms with Crippen LogP contribution in [0, 0.1) is 18.2 Å². The molecule has 2 aliphatic heterocycles. The van der Waals surface area contributed by atoms with Crippen molar-refractivity contribution in [3.63, 3.8) is 0 Å². The molecule has 2 saturated heterocycles. The summed E-state index contributed by atoms with van der Waals surface area (Å²) in [6, 6.07) is 5.96. The van der Waals surface area contributed by atoms with Crippen molar-refractivity contribution in [2.24, 2.45) is 0 Å². The first-order valence-corrected chi connectivity index (χ1v) is 15.6. The maximum absolute atomic E-state index is 16.3. The highest BCUT2D eigenvalue weighted by molar-refractivity contribution is 7.10. The maximum atomic E-state index is 16.3. The number of phenolic OH excluding ortho intramolecular Hbond substituents is 1. The Labute approximate surface area is 267 Å². The Morgan fingerprint density at radius 2 is 2.04 bits per heavy atom. The van der Waals surface area contributed by atoms with Gasteiger partial charge in [-0.2, -0.15) is 9.97 Å². The summed E-state index contributed by atoms with van der Waals surface area (Å²) in [6.07, 6.45) is 4.52. The Kier molecular flexibility index (Phi) is 9.05. The van der Waals surface area contributed by atoms with Gasteiger partial charge >= 0.3 is 6.01 Å². The lowest BCUT2D eigenvalue weighted by atomic mass is 10.0. The molecule has 0 bridgehead atoms. The number of piperazine rings is 1. The van der Waals surface area contributed by atoms with Gasteiger partial charge in [-0.15, -0.1) is 11.3 Å². The van der Waals surface area contributed by atoms with Gasteiger partial charge in [-0.1, -0.05) is 12.1 Å². The average Bonchev–Trinajstić information content (AvgIpc) is 3.72. The number of hydrogen-bond donors (Lipinski definition) is 1. The number of carbonyl (C=O) groups is 1. The van der Waals surface area contributed by atoms with Gasteiger partial charge in [-0.05, 0) is 44.6 Å². The van der Waals surface area contributed by atoms with Gasteiger partial charge in [0.2, 0.25) is 6.54 Å². The van der Waals surface area contributed by atoms with E-state index in [4.69, 9.17) is 11.3 Å². The van der Waals surface area contributed by atoms with Gasteiger partial charge in [0.15, 0.2) is 11.6 Å². The number of nitrogens with zero attached hydrogens (tertiary/aromatic N) is 7. The Morgan fingerprint density at radius 3 is 2.76 bits per heavy atom. The third kappa shape index (κ3) is 6.20. The van der Waals surface area contributed by atoms with E-state index >= 15 is 4.39 Å². The summed E-state index contributed by atoms with van der Waals surface area (Å²) in [7, 11) is 1.99. The molecule has 2 aromatic carbocycles. The fraction of sp³-hybridized carbons (Fsp3) is 0.344. The highest BCUT2D eigenvalue weighted by Crippen LogP contribution is 2.38. The Hall–Kier alpha value is -4.74. The van der Waals surface area contributed by atoms with Crippen molar-refractivity contribution in [1.29, 1.82) is 0 Å². The molecule has 1 amide bonds. The molecule has 0 unspecified atom stereocenters. The first kappa shape index (κ1) is 31.3. The molecular weight excluding hydrogens is 619 g/mol. The molecule has 238 valence electrons. The van der Waals surface area contributed by atoms with Crippen LogP contribution in [0.15, 0.2) is 47.7 Å². The van der Waals surface area contributed by atoms with Crippen molar-refractivity contribution in [3.8, 4) is 22.9 Å². The van der Waals surface area contributed by atoms with E-state index < -0.39 is 35.2 Å². The van der Waals surface area contributed by atoms with E-state index in [1.54, 1.807) is 16.3 Å². The van der Waals surface area contributed by atoms with Crippen LogP contribution in [-0.2, 0) is 4.79 Å². The molecular formula is C32H30F3N7O3S. The normalized spacial score (nSPS) is 19.1. The summed E-state index contributed by atoms with van der Waals surface area (Å²) in [4.78, 5) is 34.9. The second-order valence-electron chi connectivity index (χ2n) is 11.2. The van der Waals surface area contributed by atoms with E-state index in [9.17, 15) is 18.7 Å². The lowest BCUT2D eigenvalue weighted by molar-refractivity contribution is -0.130. The van der Waals surface area contributed by atoms with Crippen LogP contribution in [-0.4, -0.2) is 94.2 Å². The third-order valence-electron chi connectivity index (χ3n) is 8.35. The number of hydrogen-bond acceptors (Lipinski definition) is 9. The van der Waals surface area contributed by atoms with Crippen molar-refractivity contribution >= 4 is 40.0 Å². The zero-order chi connectivity index (χ0) is 32.4. The van der Waals surface area contributed by atoms with Gasteiger partial charge in [0.25, 0.3) is 5.91 Å². The van der Waals surface area contributed by atoms with Gasteiger partial charge in [-0.3, -0.25) is 4.79 Å². The molecule has 14 heteroatoms. The quantitative estimate of drug-likeness (QED) is 0.207. The molecule has 4 aromatic rings. The molecule has 4 heterocycles. The number of halogens is 3. The lowest BCUT2D eigenvalue weighted by Gasteiger charge is -2.39. The minimum Gasteiger partial charge on any atom is -0.507 e. The number of likely N-dealkylation sites (tertiary alicyclic amines) is 1. The fourth-order valence-corrected chi connectivity index (χ4v) is 6.51. The monoisotopic (exact) mass is 649 g/mol. The van der Waals surface area contributed by atoms with Gasteiger partial charge < -0.3 is 29.4 Å². The number of benzene rings is 2. The summed E-state index contributed by atoms with van der Waals surface area (Å²) in [5.74, 6) is -3.63. The third-order valence-corrected chi connectivity index (χ3v) is 9.08. The van der Waals surface area contributed by atoms with Crippen LogP contribution in [0.3, 0.4) is 0 Å². The Balaban J connectivity index is 1.37. The van der Waals surface area contributed by atoms with Crippen molar-refractivity contribution in [2.45, 2.75) is 24.9 Å². The van der Waals surface area contributed by atoms with Crippen molar-refractivity contribution < 1.29 is 27.8 Å². The topological polar surface area (TPSA) is 99.3 Å². The van der Waals surface area contributed by atoms with Crippen molar-refractivity contribution in [1.82, 2.24) is 24.8 Å². The van der Waals surface area contributed by atoms with E-state index in [1.165, 1.54) is 40.6 Å². The van der Waals surface area contributed by atoms with E-state index in [-0.39, 0.29) is 61.5 Å². The van der Waals surface area contributed by atoms with Gasteiger partial charge in [0, 0.05) is 54.3 Å². The minimum atomic E-state index is -0.982. The minimum absolute atomic E-state index is 0.0658. The second-order valence-corrected chi connectivity index (χ2v) is 12.1. The smallest absolute Gasteiger partial charge is 0.319 e. The zero-order valence-corrected chi connectivity index (χ0v) is 25.7. The predicted molar refractivity (Wildman–Crippen MR) is 168 cm³/mol. The number of anilines is 1. The number of aromatic hydroxyl groups is 1. The van der Waals surface area contributed by atoms with E-state index in [0.717, 1.165) is 31.5 Å². The Morgan fingerprint density at radius 1 is 1.20 bits per heavy atom. The summed E-state index contributed by atoms with van der Waals surface area (Å²) < 4.78 is 52.0. The van der Waals surface area contributed by atoms with Crippen LogP contribution >= 0.6 is 11.3 Å². The van der Waals surface area contributed by atoms with Crippen LogP contribution in [0.4, 0.5) is 19.0 Å². The standard InChI is InChI=1S/C32H30F3N7O3S/c1-36-16-20-17-41(12-13-42(20)31(44)24(34)15-26-37-10-14-46-26)30-22-9-8-21(27-23(33)6-3-7-25(27)43)28(35)29(22)38-32(39-30)45-18-19-5-4-11-40(19)2/h3,6-10,14-15,19-20,43H,4-5,11-13,16-18H2,2H3/b24-15-/t19-,20-/m0/s1. The van der Waals surface area contributed by atoms with E-state index in [0.29, 0.717) is 16.2 Å². The molecule has 6 rings (SSSR count). The number of likely N-dealkylation sites (N-methyl/N-ethyl adjacent to an activating group) is 1. The summed E-state index contributed by atoms with van der Waals surface area (Å²) in [5.41, 5.74) is -0.621.